The Kier molecular flexibility index (Phi) is 13.8. The maximum atomic E-state index is 14.6. The molecule has 4 unspecified atom stereocenters. The van der Waals surface area contributed by atoms with Crippen LogP contribution in [-0.4, -0.2) is 114 Å². The van der Waals surface area contributed by atoms with Gasteiger partial charge in [0.1, 0.15) is 24.6 Å². The number of allylic oxidation sites excluding steroid dienone is 3. The molecule has 4 atom stereocenters. The molecule has 0 spiro atoms. The summed E-state index contributed by atoms with van der Waals surface area (Å²) in [5.74, 6) is -0.705. The van der Waals surface area contributed by atoms with Gasteiger partial charge in [0.15, 0.2) is 0 Å². The quantitative estimate of drug-likeness (QED) is 0.168. The van der Waals surface area contributed by atoms with Crippen LogP contribution in [0.15, 0.2) is 76.4 Å². The van der Waals surface area contributed by atoms with Gasteiger partial charge >= 0.3 is 0 Å². The van der Waals surface area contributed by atoms with Crippen molar-refractivity contribution >= 4 is 41.1 Å². The maximum Gasteiger partial charge on any atom is 0.264 e. The van der Waals surface area contributed by atoms with Crippen molar-refractivity contribution < 1.29 is 32.7 Å². The van der Waals surface area contributed by atoms with Crippen LogP contribution in [0.1, 0.15) is 86.7 Å². The zero-order chi connectivity index (χ0) is 45.9. The average Bonchev–Trinajstić information content (AvgIpc) is 3.65. The zero-order valence-electron chi connectivity index (χ0n) is 37.4. The topological polar surface area (TPSA) is 192 Å². The minimum absolute atomic E-state index is 0.0339. The second-order valence-corrected chi connectivity index (χ2v) is 18.0. The molecule has 0 bridgehead atoms. The van der Waals surface area contributed by atoms with E-state index in [0.29, 0.717) is 61.5 Å². The minimum Gasteiger partial charge on any atom is -0.487 e. The van der Waals surface area contributed by atoms with Crippen LogP contribution in [0.5, 0.6) is 0 Å². The Morgan fingerprint density at radius 3 is 2.57 bits per heavy atom. The van der Waals surface area contributed by atoms with Gasteiger partial charge in [0.25, 0.3) is 6.43 Å². The number of hydrogen-bond donors (Lipinski definition) is 4. The normalized spacial score (nSPS) is 24.0. The van der Waals surface area contributed by atoms with Crippen LogP contribution in [0.4, 0.5) is 14.5 Å². The number of likely N-dealkylation sites (tertiary alicyclic amines) is 2. The van der Waals surface area contributed by atoms with Gasteiger partial charge in [-0.3, -0.25) is 39.4 Å². The molecule has 1 aromatic carbocycles. The number of fused-ring (bicyclic) bond motifs is 2. The first-order valence-corrected chi connectivity index (χ1v) is 22.7. The molecule has 8 rings (SSSR count). The highest BCUT2D eigenvalue weighted by Crippen LogP contribution is 2.41. The summed E-state index contributed by atoms with van der Waals surface area (Å²) in [5, 5.41) is 6.20. The lowest BCUT2D eigenvalue weighted by Crippen LogP contribution is -2.53. The van der Waals surface area contributed by atoms with E-state index in [1.807, 2.05) is 36.2 Å². The van der Waals surface area contributed by atoms with Gasteiger partial charge in [-0.2, -0.15) is 0 Å². The van der Waals surface area contributed by atoms with Crippen LogP contribution in [0.3, 0.4) is 0 Å². The molecule has 4 amide bonds. The van der Waals surface area contributed by atoms with E-state index in [4.69, 9.17) is 21.2 Å². The number of aryl methyl sites for hydroxylation is 1. The number of alkyl halides is 2. The van der Waals surface area contributed by atoms with Crippen LogP contribution in [-0.2, 0) is 43.5 Å². The van der Waals surface area contributed by atoms with Crippen molar-refractivity contribution in [1.29, 1.82) is 0 Å². The Hall–Kier alpha value is -5.94. The molecule has 6 heterocycles. The van der Waals surface area contributed by atoms with Gasteiger partial charge < -0.3 is 36.2 Å². The van der Waals surface area contributed by atoms with Crippen molar-refractivity contribution in [1.82, 2.24) is 30.3 Å². The molecule has 6 N–H and O–H groups in total. The number of aliphatic imine (C=N–C) groups is 1. The molecule has 3 saturated heterocycles. The predicted octanol–water partition coefficient (Wildman–Crippen LogP) is 4.06. The number of carbonyl (C=O) groups excluding carboxylic acids is 4. The third-order valence-electron chi connectivity index (χ3n) is 13.8. The smallest absolute Gasteiger partial charge is 0.264 e. The van der Waals surface area contributed by atoms with Crippen molar-refractivity contribution in [3.05, 3.63) is 99.4 Å². The summed E-state index contributed by atoms with van der Waals surface area (Å²) in [5.41, 5.74) is 19.9. The fourth-order valence-corrected chi connectivity index (χ4v) is 10.2. The summed E-state index contributed by atoms with van der Waals surface area (Å²) in [6.07, 6.45) is 9.65. The van der Waals surface area contributed by atoms with Gasteiger partial charge in [-0.15, -0.1) is 0 Å². The molecule has 5 aliphatic heterocycles. The van der Waals surface area contributed by atoms with Gasteiger partial charge in [-0.05, 0) is 79.0 Å². The molecule has 1 aliphatic carbocycles. The number of piperidine rings is 2. The summed E-state index contributed by atoms with van der Waals surface area (Å²) in [4.78, 5) is 67.0. The van der Waals surface area contributed by atoms with E-state index in [-0.39, 0.29) is 54.8 Å². The molecule has 0 radical (unpaired) electrons. The summed E-state index contributed by atoms with van der Waals surface area (Å²) in [7, 11) is 1.58. The number of rotatable bonds is 13. The van der Waals surface area contributed by atoms with Gasteiger partial charge in [0, 0.05) is 131 Å². The van der Waals surface area contributed by atoms with Crippen LogP contribution in [0.2, 0.25) is 0 Å². The largest absolute Gasteiger partial charge is 0.487 e. The summed E-state index contributed by atoms with van der Waals surface area (Å²) < 4.78 is 35.4. The van der Waals surface area contributed by atoms with E-state index < -0.39 is 30.5 Å². The van der Waals surface area contributed by atoms with E-state index in [9.17, 15) is 28.0 Å². The zero-order valence-corrected chi connectivity index (χ0v) is 37.4. The minimum atomic E-state index is -2.73. The number of ether oxygens (including phenoxy) is 1. The molecular weight excluding hydrogens is 835 g/mol. The molecular formula is C48H60F2N10O5. The number of anilines is 1. The second kappa shape index (κ2) is 19.7. The van der Waals surface area contributed by atoms with Crippen LogP contribution >= 0.6 is 0 Å². The van der Waals surface area contributed by atoms with E-state index in [1.165, 1.54) is 12.4 Å². The molecule has 2 aromatic rings. The van der Waals surface area contributed by atoms with E-state index in [0.717, 1.165) is 72.6 Å². The Morgan fingerprint density at radius 1 is 1.08 bits per heavy atom. The molecule has 17 heteroatoms. The number of nitrogens with two attached hydrogens (primary N) is 2. The Balaban J connectivity index is 0.888. The van der Waals surface area contributed by atoms with E-state index in [2.05, 4.69) is 26.6 Å². The monoisotopic (exact) mass is 894 g/mol. The molecule has 65 heavy (non-hydrogen) atoms. The van der Waals surface area contributed by atoms with E-state index in [1.54, 1.807) is 35.9 Å². The fraction of sp³-hybridized carbons (Fsp3) is 0.500. The number of benzene rings is 1. The summed E-state index contributed by atoms with van der Waals surface area (Å²) in [6, 6.07) is 6.91. The molecule has 346 valence electrons. The Bertz CT molecular complexity index is 2340. The molecule has 6 aliphatic rings. The lowest BCUT2D eigenvalue weighted by molar-refractivity contribution is -0.145. The summed E-state index contributed by atoms with van der Waals surface area (Å²) >= 11 is 0. The van der Waals surface area contributed by atoms with Crippen molar-refractivity contribution in [3.8, 4) is 0 Å². The third-order valence-corrected chi connectivity index (χ3v) is 13.8. The predicted molar refractivity (Wildman–Crippen MR) is 243 cm³/mol. The Labute approximate surface area is 378 Å². The van der Waals surface area contributed by atoms with Crippen LogP contribution in [0, 0.1) is 11.8 Å². The number of carbonyl (C=O) groups is 4. The number of imide groups is 1. The van der Waals surface area contributed by atoms with Crippen molar-refractivity contribution in [2.45, 2.75) is 96.6 Å². The SMILES string of the molecule is CN=CC(=CN)c1cc2c(cc1C(F)F)N(C(N)C1=C(NC3CCN(Cc4ccc(COC5=C6CN(C7CCC(=O)NC7=O)C(=O)C6C(C)C=C5)nc4)CC3)CCN(C(C)=O)C1)CCC2. The number of hydrogen-bond acceptors (Lipinski definition) is 12. The van der Waals surface area contributed by atoms with Gasteiger partial charge in [-0.1, -0.05) is 19.1 Å². The van der Waals surface area contributed by atoms with E-state index >= 15 is 0 Å². The standard InChI is InChI=1S/C48H60F2N10O5/c1-28-6-10-42(38-26-60(48(64)44(28)38)40-9-11-43(62)56-47(40)63)65-27-34-8-7-30(22-54-34)24-57-16-12-33(13-17-57)55-39-14-18-58(29(2)61)25-37(39)46(52)59-15-4-5-31-19-35(32(21-51)23-53-3)36(45(49)50)20-41(31)59/h6-8,10,19-23,28,33,40,44-46,55H,4-5,9,11-18,24-27,51-52H2,1-3H3,(H,56,62,63). The Morgan fingerprint density at radius 2 is 1.88 bits per heavy atom. The lowest BCUT2D eigenvalue weighted by Gasteiger charge is -2.42. The highest BCUT2D eigenvalue weighted by atomic mass is 19.3. The third kappa shape index (κ3) is 9.71. The van der Waals surface area contributed by atoms with Crippen LogP contribution < -0.4 is 27.0 Å². The van der Waals surface area contributed by atoms with Gasteiger partial charge in [0.2, 0.25) is 23.6 Å². The number of nitrogens with zero attached hydrogens (tertiary/aromatic N) is 6. The number of pyridine rings is 1. The number of aromatic nitrogens is 1. The first-order chi connectivity index (χ1) is 31.3. The first kappa shape index (κ1) is 45.6. The highest BCUT2D eigenvalue weighted by molar-refractivity contribution is 6.10. The van der Waals surface area contributed by atoms with Gasteiger partial charge in [0.05, 0.1) is 11.6 Å². The second-order valence-electron chi connectivity index (χ2n) is 18.0. The van der Waals surface area contributed by atoms with Crippen molar-refractivity contribution in [3.63, 3.8) is 0 Å². The summed E-state index contributed by atoms with van der Waals surface area (Å²) in [6.45, 7) is 8.07. The number of nitrogens with one attached hydrogen (secondary N) is 2. The maximum absolute atomic E-state index is 14.6. The molecule has 1 aromatic heterocycles. The fourth-order valence-electron chi connectivity index (χ4n) is 10.2. The van der Waals surface area contributed by atoms with Crippen LogP contribution in [0.25, 0.3) is 5.57 Å². The average molecular weight is 895 g/mol. The first-order valence-electron chi connectivity index (χ1n) is 22.7. The lowest BCUT2D eigenvalue weighted by atomic mass is 9.84. The molecule has 0 saturated carbocycles. The molecule has 15 nitrogen and oxygen atoms in total. The highest BCUT2D eigenvalue weighted by Gasteiger charge is 2.47. The van der Waals surface area contributed by atoms with Crippen molar-refractivity contribution in [2.75, 3.05) is 51.2 Å². The van der Waals surface area contributed by atoms with Gasteiger partial charge in [-0.25, -0.2) is 8.78 Å². The number of amides is 4. The molecule has 3 fully saturated rings. The van der Waals surface area contributed by atoms with Crippen molar-refractivity contribution in [2.24, 2.45) is 28.3 Å². The number of halogens is 2.